The van der Waals surface area contributed by atoms with Crippen LogP contribution in [0.2, 0.25) is 0 Å². The van der Waals surface area contributed by atoms with Crippen LogP contribution in [0.1, 0.15) is 13.8 Å². The molecule has 0 radical (unpaired) electrons. The summed E-state index contributed by atoms with van der Waals surface area (Å²) in [4.78, 5) is 21.5. The molecule has 0 aliphatic rings. The van der Waals surface area contributed by atoms with E-state index in [0.717, 1.165) is 0 Å². The summed E-state index contributed by atoms with van der Waals surface area (Å²) in [6, 6.07) is -0.316. The molecule has 0 aromatic rings. The number of amides is 3. The fraction of sp³-hybridized carbons (Fsp3) is 0.714. The third-order valence-corrected chi connectivity index (χ3v) is 1.12. The van der Waals surface area contributed by atoms with E-state index < -0.39 is 0 Å². The summed E-state index contributed by atoms with van der Waals surface area (Å²) in [6.45, 7) is 4.80. The van der Waals surface area contributed by atoms with Crippen LogP contribution >= 0.6 is 0 Å². The molecule has 0 bridgehead atoms. The van der Waals surface area contributed by atoms with E-state index in [1.54, 1.807) is 0 Å². The highest BCUT2D eigenvalue weighted by Gasteiger charge is 2.01. The van der Waals surface area contributed by atoms with Gasteiger partial charge in [0.1, 0.15) is 0 Å². The Bertz CT molecular complexity index is 141. The summed E-state index contributed by atoms with van der Waals surface area (Å²) >= 11 is 0. The maximum absolute atomic E-state index is 10.8. The van der Waals surface area contributed by atoms with Gasteiger partial charge in [0.25, 0.3) is 0 Å². The van der Waals surface area contributed by atoms with Crippen molar-refractivity contribution in [1.82, 2.24) is 16.0 Å². The van der Waals surface area contributed by atoms with Crippen LogP contribution < -0.4 is 16.0 Å². The molecule has 0 saturated heterocycles. The zero-order valence-corrected chi connectivity index (χ0v) is 7.44. The molecule has 3 amide bonds. The van der Waals surface area contributed by atoms with Gasteiger partial charge in [0.2, 0.25) is 5.91 Å². The van der Waals surface area contributed by atoms with Crippen LogP contribution in [-0.2, 0) is 4.79 Å². The Kier molecular flexibility index (Phi) is 5.77. The van der Waals surface area contributed by atoms with Crippen molar-refractivity contribution in [1.29, 1.82) is 0 Å². The molecule has 0 aromatic heterocycles. The van der Waals surface area contributed by atoms with Gasteiger partial charge in [0, 0.05) is 13.1 Å². The maximum atomic E-state index is 10.8. The first-order valence-corrected chi connectivity index (χ1v) is 3.99. The van der Waals surface area contributed by atoms with E-state index in [4.69, 9.17) is 0 Å². The summed E-state index contributed by atoms with van der Waals surface area (Å²) < 4.78 is 0. The summed E-state index contributed by atoms with van der Waals surface area (Å²) in [5.41, 5.74) is 0. The first kappa shape index (κ1) is 10.7. The van der Waals surface area contributed by atoms with Gasteiger partial charge < -0.3 is 16.0 Å². The van der Waals surface area contributed by atoms with E-state index in [9.17, 15) is 9.59 Å². The van der Waals surface area contributed by atoms with E-state index in [-0.39, 0.29) is 18.5 Å². The maximum Gasteiger partial charge on any atom is 0.315 e. The molecule has 0 unspecified atom stereocenters. The van der Waals surface area contributed by atoms with Crippen molar-refractivity contribution in [3.8, 4) is 0 Å². The van der Waals surface area contributed by atoms with Gasteiger partial charge in [-0.3, -0.25) is 4.79 Å². The molecule has 0 heterocycles. The second-order valence-corrected chi connectivity index (χ2v) is 2.17. The van der Waals surface area contributed by atoms with Crippen LogP contribution in [0.4, 0.5) is 4.79 Å². The van der Waals surface area contributed by atoms with Crippen LogP contribution in [-0.4, -0.2) is 31.6 Å². The summed E-state index contributed by atoms with van der Waals surface area (Å²) in [5.74, 6) is -0.177. The van der Waals surface area contributed by atoms with Crippen molar-refractivity contribution in [2.75, 3.05) is 19.6 Å². The number of carbonyl (C=O) groups is 2. The topological polar surface area (TPSA) is 70.2 Å². The molecule has 5 heteroatoms. The number of hydrogen-bond donors (Lipinski definition) is 3. The first-order chi connectivity index (χ1) is 5.70. The van der Waals surface area contributed by atoms with E-state index in [0.29, 0.717) is 13.1 Å². The van der Waals surface area contributed by atoms with Gasteiger partial charge >= 0.3 is 6.03 Å². The van der Waals surface area contributed by atoms with Crippen LogP contribution in [0.3, 0.4) is 0 Å². The highest BCUT2D eigenvalue weighted by molar-refractivity contribution is 5.83. The smallest absolute Gasteiger partial charge is 0.315 e. The normalized spacial score (nSPS) is 8.83. The minimum atomic E-state index is -0.316. The van der Waals surface area contributed by atoms with Gasteiger partial charge in [-0.15, -0.1) is 0 Å². The van der Waals surface area contributed by atoms with Crippen molar-refractivity contribution >= 4 is 11.9 Å². The number of carbonyl (C=O) groups excluding carboxylic acids is 2. The lowest BCUT2D eigenvalue weighted by molar-refractivity contribution is -0.119. The average Bonchev–Trinajstić information content (AvgIpc) is 2.02. The quantitative estimate of drug-likeness (QED) is 0.533. The minimum absolute atomic E-state index is 0.0275. The SMILES string of the molecule is CCNC(=O)CNC(=O)NCC. The predicted octanol–water partition coefficient (Wildman–Crippen LogP) is -0.558. The molecule has 0 rings (SSSR count). The van der Waals surface area contributed by atoms with Crippen molar-refractivity contribution in [2.24, 2.45) is 0 Å². The van der Waals surface area contributed by atoms with E-state index in [2.05, 4.69) is 16.0 Å². The zero-order valence-electron chi connectivity index (χ0n) is 7.44. The number of hydrogen-bond acceptors (Lipinski definition) is 2. The molecular weight excluding hydrogens is 158 g/mol. The highest BCUT2D eigenvalue weighted by Crippen LogP contribution is 1.66. The second kappa shape index (κ2) is 6.45. The minimum Gasteiger partial charge on any atom is -0.355 e. The molecule has 0 fully saturated rings. The van der Waals surface area contributed by atoms with Gasteiger partial charge in [-0.2, -0.15) is 0 Å². The number of urea groups is 1. The third-order valence-electron chi connectivity index (χ3n) is 1.12. The lowest BCUT2D eigenvalue weighted by atomic mass is 10.5. The van der Waals surface area contributed by atoms with Gasteiger partial charge in [-0.1, -0.05) is 0 Å². The van der Waals surface area contributed by atoms with Crippen LogP contribution in [0.25, 0.3) is 0 Å². The Labute approximate surface area is 71.9 Å². The number of rotatable bonds is 4. The van der Waals surface area contributed by atoms with Crippen LogP contribution in [0.15, 0.2) is 0 Å². The molecule has 3 N–H and O–H groups in total. The second-order valence-electron chi connectivity index (χ2n) is 2.17. The Morgan fingerprint density at radius 2 is 1.58 bits per heavy atom. The van der Waals surface area contributed by atoms with Gasteiger partial charge in [-0.25, -0.2) is 4.79 Å². The van der Waals surface area contributed by atoms with Crippen molar-refractivity contribution in [3.05, 3.63) is 0 Å². The highest BCUT2D eigenvalue weighted by atomic mass is 16.2. The molecule has 0 saturated carbocycles. The summed E-state index contributed by atoms with van der Waals surface area (Å²) in [7, 11) is 0. The first-order valence-electron chi connectivity index (χ1n) is 3.99. The molecule has 0 aliphatic heterocycles. The fourth-order valence-electron chi connectivity index (χ4n) is 0.643. The van der Waals surface area contributed by atoms with Crippen molar-refractivity contribution in [3.63, 3.8) is 0 Å². The predicted molar refractivity (Wildman–Crippen MR) is 45.8 cm³/mol. The zero-order chi connectivity index (χ0) is 9.40. The monoisotopic (exact) mass is 173 g/mol. The van der Waals surface area contributed by atoms with Gasteiger partial charge in [0.05, 0.1) is 6.54 Å². The fourth-order valence-corrected chi connectivity index (χ4v) is 0.643. The lowest BCUT2D eigenvalue weighted by Crippen LogP contribution is -2.41. The number of likely N-dealkylation sites (N-methyl/N-ethyl adjacent to an activating group) is 1. The Balaban J connectivity index is 3.40. The van der Waals surface area contributed by atoms with Crippen molar-refractivity contribution < 1.29 is 9.59 Å². The molecule has 70 valence electrons. The summed E-state index contributed by atoms with van der Waals surface area (Å²) in [5, 5.41) is 7.48. The van der Waals surface area contributed by atoms with Gasteiger partial charge in [0.15, 0.2) is 0 Å². The van der Waals surface area contributed by atoms with Crippen LogP contribution in [0, 0.1) is 0 Å². The van der Waals surface area contributed by atoms with E-state index in [1.165, 1.54) is 0 Å². The van der Waals surface area contributed by atoms with Crippen molar-refractivity contribution in [2.45, 2.75) is 13.8 Å². The Morgan fingerprint density at radius 3 is 2.08 bits per heavy atom. The molecule has 0 atom stereocenters. The standard InChI is InChI=1S/C7H15N3O2/c1-3-8-6(11)5-10-7(12)9-4-2/h3-5H2,1-2H3,(H,8,11)(H2,9,10,12). The molecule has 0 aliphatic carbocycles. The number of nitrogens with one attached hydrogen (secondary N) is 3. The molecule has 0 aromatic carbocycles. The van der Waals surface area contributed by atoms with Gasteiger partial charge in [-0.05, 0) is 13.8 Å². The average molecular weight is 173 g/mol. The largest absolute Gasteiger partial charge is 0.355 e. The molecule has 5 nitrogen and oxygen atoms in total. The molecule has 12 heavy (non-hydrogen) atoms. The summed E-state index contributed by atoms with van der Waals surface area (Å²) in [6.07, 6.45) is 0. The van der Waals surface area contributed by atoms with E-state index in [1.807, 2.05) is 13.8 Å². The van der Waals surface area contributed by atoms with Crippen LogP contribution in [0.5, 0.6) is 0 Å². The molecular formula is C7H15N3O2. The lowest BCUT2D eigenvalue weighted by Gasteiger charge is -2.04. The third kappa shape index (κ3) is 5.52. The Hall–Kier alpha value is -1.26. The Morgan fingerprint density at radius 1 is 1.00 bits per heavy atom. The molecule has 0 spiro atoms. The van der Waals surface area contributed by atoms with E-state index >= 15 is 0 Å².